The first kappa shape index (κ1) is 20.9. The van der Waals surface area contributed by atoms with E-state index < -0.39 is 21.5 Å². The summed E-state index contributed by atoms with van der Waals surface area (Å²) < 4.78 is 28.2. The predicted octanol–water partition coefficient (Wildman–Crippen LogP) is 2.87. The van der Waals surface area contributed by atoms with Gasteiger partial charge in [-0.1, -0.05) is 6.07 Å². The highest BCUT2D eigenvalue weighted by Gasteiger charge is 2.16. The Morgan fingerprint density at radius 1 is 1.03 bits per heavy atom. The van der Waals surface area contributed by atoms with E-state index in [-0.39, 0.29) is 16.6 Å². The SMILES string of the molecule is O=C(Cn1nc(-c2cccs2)ccc1=O)Nc1ccc(S(=O)(=O)Nc2nccs2)cc1. The molecule has 3 heterocycles. The Kier molecular flexibility index (Phi) is 5.93. The molecule has 0 fully saturated rings. The quantitative estimate of drug-likeness (QED) is 0.425. The van der Waals surface area contributed by atoms with Crippen molar-refractivity contribution in [3.05, 3.63) is 75.8 Å². The maximum atomic E-state index is 12.4. The van der Waals surface area contributed by atoms with Gasteiger partial charge in [0, 0.05) is 23.3 Å². The molecule has 0 atom stereocenters. The van der Waals surface area contributed by atoms with E-state index in [0.29, 0.717) is 11.4 Å². The molecule has 1 aromatic carbocycles. The summed E-state index contributed by atoms with van der Waals surface area (Å²) in [4.78, 5) is 29.2. The van der Waals surface area contributed by atoms with E-state index in [1.807, 2.05) is 17.5 Å². The second kappa shape index (κ2) is 8.79. The van der Waals surface area contributed by atoms with Crippen LogP contribution < -0.4 is 15.6 Å². The average molecular weight is 474 g/mol. The molecule has 0 spiro atoms. The maximum Gasteiger partial charge on any atom is 0.267 e. The number of hydrogen-bond acceptors (Lipinski definition) is 8. The standard InChI is InChI=1S/C19H15N5O4S3/c25-17(12-24-18(26)8-7-15(22-24)16-2-1-10-29-16)21-13-3-5-14(6-4-13)31(27,28)23-19-20-9-11-30-19/h1-11H,12H2,(H,20,23)(H,21,25). The number of rotatable bonds is 7. The molecule has 2 N–H and O–H groups in total. The number of benzene rings is 1. The van der Waals surface area contributed by atoms with Crippen molar-refractivity contribution in [3.63, 3.8) is 0 Å². The van der Waals surface area contributed by atoms with Crippen molar-refractivity contribution < 1.29 is 13.2 Å². The van der Waals surface area contributed by atoms with Gasteiger partial charge in [-0.2, -0.15) is 5.10 Å². The Morgan fingerprint density at radius 2 is 1.84 bits per heavy atom. The van der Waals surface area contributed by atoms with Gasteiger partial charge in [0.25, 0.3) is 15.6 Å². The van der Waals surface area contributed by atoms with E-state index in [9.17, 15) is 18.0 Å². The molecule has 3 aromatic heterocycles. The van der Waals surface area contributed by atoms with E-state index in [1.165, 1.54) is 59.2 Å². The molecule has 31 heavy (non-hydrogen) atoms. The zero-order valence-electron chi connectivity index (χ0n) is 15.8. The van der Waals surface area contributed by atoms with Crippen molar-refractivity contribution in [1.82, 2.24) is 14.8 Å². The lowest BCUT2D eigenvalue weighted by Gasteiger charge is -2.09. The van der Waals surface area contributed by atoms with Crippen molar-refractivity contribution in [2.24, 2.45) is 0 Å². The number of thiazole rings is 1. The van der Waals surface area contributed by atoms with Crippen LogP contribution in [-0.4, -0.2) is 29.1 Å². The van der Waals surface area contributed by atoms with Gasteiger partial charge in [-0.3, -0.25) is 14.3 Å². The van der Waals surface area contributed by atoms with Gasteiger partial charge in [0.05, 0.1) is 9.77 Å². The second-order valence-corrected chi connectivity index (χ2v) is 9.73. The van der Waals surface area contributed by atoms with Crippen LogP contribution in [0, 0.1) is 0 Å². The fourth-order valence-electron chi connectivity index (χ4n) is 2.62. The number of amides is 1. The smallest absolute Gasteiger partial charge is 0.267 e. The third kappa shape index (κ3) is 5.05. The van der Waals surface area contributed by atoms with Crippen LogP contribution in [0.2, 0.25) is 0 Å². The highest BCUT2D eigenvalue weighted by molar-refractivity contribution is 7.93. The first-order chi connectivity index (χ1) is 14.9. The first-order valence-corrected chi connectivity index (χ1v) is 12.1. The summed E-state index contributed by atoms with van der Waals surface area (Å²) in [6, 6.07) is 12.4. The van der Waals surface area contributed by atoms with Crippen LogP contribution in [-0.2, 0) is 21.4 Å². The molecular formula is C19H15N5O4S3. The zero-order valence-corrected chi connectivity index (χ0v) is 18.2. The van der Waals surface area contributed by atoms with Crippen molar-refractivity contribution in [1.29, 1.82) is 0 Å². The molecule has 0 unspecified atom stereocenters. The summed E-state index contributed by atoms with van der Waals surface area (Å²) in [7, 11) is -3.78. The number of thiophene rings is 1. The number of carbonyl (C=O) groups excluding carboxylic acids is 1. The summed E-state index contributed by atoms with van der Waals surface area (Å²) in [5, 5.41) is 10.7. The number of hydrogen-bond donors (Lipinski definition) is 2. The van der Waals surface area contributed by atoms with E-state index in [0.717, 1.165) is 9.56 Å². The highest BCUT2D eigenvalue weighted by Crippen LogP contribution is 2.21. The van der Waals surface area contributed by atoms with Gasteiger partial charge < -0.3 is 5.32 Å². The van der Waals surface area contributed by atoms with Crippen LogP contribution in [0.5, 0.6) is 0 Å². The molecule has 4 rings (SSSR count). The molecule has 0 aliphatic heterocycles. The lowest BCUT2D eigenvalue weighted by atomic mass is 10.3. The molecule has 0 aliphatic rings. The molecule has 12 heteroatoms. The van der Waals surface area contributed by atoms with Crippen molar-refractivity contribution in [3.8, 4) is 10.6 Å². The van der Waals surface area contributed by atoms with Gasteiger partial charge in [-0.25, -0.2) is 18.1 Å². The van der Waals surface area contributed by atoms with Gasteiger partial charge >= 0.3 is 0 Å². The van der Waals surface area contributed by atoms with Crippen LogP contribution in [0.1, 0.15) is 0 Å². The van der Waals surface area contributed by atoms with E-state index in [4.69, 9.17) is 0 Å². The van der Waals surface area contributed by atoms with E-state index >= 15 is 0 Å². The first-order valence-electron chi connectivity index (χ1n) is 8.85. The van der Waals surface area contributed by atoms with Crippen LogP contribution in [0.3, 0.4) is 0 Å². The molecule has 0 saturated carbocycles. The Bertz CT molecular complexity index is 1350. The number of nitrogens with one attached hydrogen (secondary N) is 2. The van der Waals surface area contributed by atoms with Gasteiger partial charge in [0.2, 0.25) is 5.91 Å². The molecule has 0 radical (unpaired) electrons. The molecule has 0 aliphatic carbocycles. The fraction of sp³-hybridized carbons (Fsp3) is 0.0526. The largest absolute Gasteiger partial charge is 0.324 e. The molecule has 0 bridgehead atoms. The summed E-state index contributed by atoms with van der Waals surface area (Å²) in [5.74, 6) is -0.463. The monoisotopic (exact) mass is 473 g/mol. The normalized spacial score (nSPS) is 11.2. The zero-order chi connectivity index (χ0) is 21.8. The topological polar surface area (TPSA) is 123 Å². The molecular weight excluding hydrogens is 458 g/mol. The maximum absolute atomic E-state index is 12.4. The lowest BCUT2D eigenvalue weighted by molar-refractivity contribution is -0.117. The van der Waals surface area contributed by atoms with Crippen molar-refractivity contribution in [2.75, 3.05) is 10.0 Å². The Labute approximate surface area is 185 Å². The molecule has 9 nitrogen and oxygen atoms in total. The lowest BCUT2D eigenvalue weighted by Crippen LogP contribution is -2.29. The summed E-state index contributed by atoms with van der Waals surface area (Å²) >= 11 is 2.65. The Balaban J connectivity index is 1.44. The summed E-state index contributed by atoms with van der Waals surface area (Å²) in [6.07, 6.45) is 1.50. The summed E-state index contributed by atoms with van der Waals surface area (Å²) in [5.41, 5.74) is 0.593. The minimum atomic E-state index is -3.78. The second-order valence-electron chi connectivity index (χ2n) is 6.21. The molecule has 4 aromatic rings. The Morgan fingerprint density at radius 3 is 2.52 bits per heavy atom. The average Bonchev–Trinajstić information content (AvgIpc) is 3.44. The number of anilines is 2. The number of nitrogens with zero attached hydrogens (tertiary/aromatic N) is 3. The highest BCUT2D eigenvalue weighted by atomic mass is 32.2. The third-order valence-corrected chi connectivity index (χ3v) is 7.10. The number of carbonyl (C=O) groups is 1. The fourth-order valence-corrected chi connectivity index (χ4v) is 5.10. The minimum Gasteiger partial charge on any atom is -0.324 e. The van der Waals surface area contributed by atoms with E-state index in [1.54, 1.807) is 11.4 Å². The van der Waals surface area contributed by atoms with Crippen LogP contribution in [0.15, 0.2) is 75.2 Å². The van der Waals surface area contributed by atoms with Crippen molar-refractivity contribution in [2.45, 2.75) is 11.4 Å². The van der Waals surface area contributed by atoms with Gasteiger partial charge in [-0.15, -0.1) is 22.7 Å². The number of aromatic nitrogens is 3. The predicted molar refractivity (Wildman–Crippen MR) is 120 cm³/mol. The van der Waals surface area contributed by atoms with Gasteiger partial charge in [0.1, 0.15) is 12.2 Å². The van der Waals surface area contributed by atoms with Crippen LogP contribution >= 0.6 is 22.7 Å². The molecule has 0 saturated heterocycles. The van der Waals surface area contributed by atoms with Crippen molar-refractivity contribution >= 4 is 49.4 Å². The molecule has 1 amide bonds. The van der Waals surface area contributed by atoms with Crippen LogP contribution in [0.25, 0.3) is 10.6 Å². The summed E-state index contributed by atoms with van der Waals surface area (Å²) in [6.45, 7) is -0.274. The number of sulfonamides is 1. The minimum absolute atomic E-state index is 0.0298. The molecule has 158 valence electrons. The third-order valence-electron chi connectivity index (χ3n) is 4.04. The Hall–Kier alpha value is -3.35. The van der Waals surface area contributed by atoms with Gasteiger partial charge in [-0.05, 0) is 41.8 Å². The van der Waals surface area contributed by atoms with E-state index in [2.05, 4.69) is 20.1 Å². The van der Waals surface area contributed by atoms with Crippen LogP contribution in [0.4, 0.5) is 10.8 Å². The van der Waals surface area contributed by atoms with Gasteiger partial charge in [0.15, 0.2) is 5.13 Å².